The molecule has 0 saturated carbocycles. The van der Waals surface area contributed by atoms with Crippen LogP contribution in [0.3, 0.4) is 0 Å². The lowest BCUT2D eigenvalue weighted by Gasteiger charge is -2.51. The number of carbonyl (C=O) groups is 3. The van der Waals surface area contributed by atoms with Gasteiger partial charge in [0, 0.05) is 6.42 Å². The third-order valence-corrected chi connectivity index (χ3v) is 16.5. The van der Waals surface area contributed by atoms with Crippen molar-refractivity contribution in [1.29, 1.82) is 0 Å². The molecule has 80 heavy (non-hydrogen) atoms. The number of aliphatic hydroxyl groups excluding tert-OH is 9. The fraction of sp³-hybridized carbons (Fsp3) is 0.945. The van der Waals surface area contributed by atoms with Crippen LogP contribution in [0.4, 0.5) is 0 Å². The number of unbranched alkanes of at least 4 members (excludes halogenated alkanes) is 2. The summed E-state index contributed by atoms with van der Waals surface area (Å²) in [6.45, 7) is 14.0. The van der Waals surface area contributed by atoms with E-state index in [1.165, 1.54) is 20.8 Å². The van der Waals surface area contributed by atoms with Crippen molar-refractivity contribution in [3.8, 4) is 0 Å². The number of hydrogen-bond acceptors (Lipinski definition) is 25. The van der Waals surface area contributed by atoms with Gasteiger partial charge in [-0.25, -0.2) is 0 Å². The average Bonchev–Trinajstić information content (AvgIpc) is 3.58. The van der Waals surface area contributed by atoms with E-state index in [2.05, 4.69) is 6.92 Å². The maximum absolute atomic E-state index is 14.1. The lowest BCUT2D eigenvalue weighted by molar-refractivity contribution is -0.400. The summed E-state index contributed by atoms with van der Waals surface area (Å²) >= 11 is 0. The summed E-state index contributed by atoms with van der Waals surface area (Å²) in [6, 6.07) is 0. The molecule has 0 unspecified atom stereocenters. The lowest BCUT2D eigenvalue weighted by atomic mass is 9.95. The Labute approximate surface area is 469 Å². The third-order valence-electron chi connectivity index (χ3n) is 16.5. The molecule has 6 rings (SSSR count). The third kappa shape index (κ3) is 16.5. The van der Waals surface area contributed by atoms with Gasteiger partial charge in [-0.1, -0.05) is 86.0 Å². The van der Waals surface area contributed by atoms with Gasteiger partial charge in [0.05, 0.1) is 49.0 Å². The first-order chi connectivity index (χ1) is 38.0. The van der Waals surface area contributed by atoms with Crippen LogP contribution >= 0.6 is 0 Å². The molecule has 6 fully saturated rings. The topological polar surface area (TPSA) is 353 Å². The van der Waals surface area contributed by atoms with Gasteiger partial charge < -0.3 is 108 Å². The van der Waals surface area contributed by atoms with Gasteiger partial charge in [0.15, 0.2) is 49.8 Å². The highest BCUT2D eigenvalue weighted by atomic mass is 16.8. The number of fused-ring (bicyclic) bond motifs is 3. The molecule has 28 atom stereocenters. The van der Waals surface area contributed by atoms with Crippen LogP contribution < -0.4 is 0 Å². The second kappa shape index (κ2) is 31.2. The van der Waals surface area contributed by atoms with Crippen molar-refractivity contribution in [1.82, 2.24) is 0 Å². The first-order valence-corrected chi connectivity index (χ1v) is 29.3. The first-order valence-electron chi connectivity index (χ1n) is 29.3. The molecule has 6 aliphatic heterocycles. The van der Waals surface area contributed by atoms with Gasteiger partial charge in [0.25, 0.3) is 0 Å². The molecule has 9 N–H and O–H groups in total. The molecule has 0 aliphatic carbocycles. The molecular weight excluding hydrogens is 1060 g/mol. The Morgan fingerprint density at radius 2 is 1.06 bits per heavy atom. The molecule has 0 radical (unpaired) electrons. The zero-order valence-corrected chi connectivity index (χ0v) is 47.8. The van der Waals surface area contributed by atoms with Crippen molar-refractivity contribution >= 4 is 17.9 Å². The van der Waals surface area contributed by atoms with Gasteiger partial charge in [-0.2, -0.15) is 0 Å². The number of ether oxygens (including phenoxy) is 13. The van der Waals surface area contributed by atoms with Crippen LogP contribution in [0.5, 0.6) is 0 Å². The minimum atomic E-state index is -2.02. The van der Waals surface area contributed by atoms with Crippen LogP contribution in [0.2, 0.25) is 0 Å². The summed E-state index contributed by atoms with van der Waals surface area (Å²) in [6.07, 6.45) is -30.4. The van der Waals surface area contributed by atoms with Crippen molar-refractivity contribution in [2.45, 2.75) is 312 Å². The summed E-state index contributed by atoms with van der Waals surface area (Å²) in [5.41, 5.74) is 0. The van der Waals surface area contributed by atoms with Gasteiger partial charge in [0.2, 0.25) is 0 Å². The molecule has 0 spiro atoms. The number of aliphatic hydroxyl groups is 9. The van der Waals surface area contributed by atoms with E-state index in [0.717, 1.165) is 44.9 Å². The molecule has 0 amide bonds. The molecule has 464 valence electrons. The Morgan fingerprint density at radius 3 is 1.71 bits per heavy atom. The molecule has 6 heterocycles. The van der Waals surface area contributed by atoms with Crippen LogP contribution in [0.15, 0.2) is 0 Å². The molecule has 6 saturated heterocycles. The van der Waals surface area contributed by atoms with Gasteiger partial charge in [0.1, 0.15) is 79.4 Å². The number of esters is 3. The fourth-order valence-corrected chi connectivity index (χ4v) is 10.8. The normalized spacial score (nSPS) is 44.5. The molecule has 0 aromatic carbocycles. The molecule has 0 aromatic rings. The Hall–Kier alpha value is -2.35. The number of rotatable bonds is 17. The second-order valence-corrected chi connectivity index (χ2v) is 22.7. The molecular formula is C55H94O25. The first kappa shape index (κ1) is 66.8. The Morgan fingerprint density at radius 1 is 0.512 bits per heavy atom. The standard InChI is InChI=1S/C55H94O25/c1-10-13-18-21-31-22-19-16-14-15-17-20-23-33(57)74-45-41(65)53(79-46-37(61)34(58)27(6)68-54(46)72-31)70-29(8)43(45)78-55-48(76-50(67)26(5)12-3)47(80-52-39(63)36(60)35(59)32(24-56)73-52)44(30(9)71-55)77-51-40(64)38(62)42(28(7)69-51)75-49(66)25(4)11-2/h25-32,34-48,51-56,58-65H,10-24H2,1-9H3/t25-,26-,27+,28-,29-,30-,31-,32+,34-,35+,36-,37-,38-,39+,40+,41+,42-,43-,44-,45-,46+,47+,48+,51-,52-,53-,54-,55-/m0/s1. The quantitative estimate of drug-likeness (QED) is 0.0558. The summed E-state index contributed by atoms with van der Waals surface area (Å²) in [4.78, 5) is 40.8. The molecule has 6 aliphatic rings. The van der Waals surface area contributed by atoms with Gasteiger partial charge in [-0.15, -0.1) is 0 Å². The van der Waals surface area contributed by atoms with Crippen molar-refractivity contribution in [2.75, 3.05) is 6.61 Å². The summed E-state index contributed by atoms with van der Waals surface area (Å²) in [7, 11) is 0. The monoisotopic (exact) mass is 1150 g/mol. The largest absolute Gasteiger partial charge is 0.457 e. The highest BCUT2D eigenvalue weighted by Crippen LogP contribution is 2.39. The van der Waals surface area contributed by atoms with Gasteiger partial charge >= 0.3 is 17.9 Å². The van der Waals surface area contributed by atoms with Crippen molar-refractivity contribution < 1.29 is 122 Å². The van der Waals surface area contributed by atoms with E-state index in [0.29, 0.717) is 32.1 Å². The van der Waals surface area contributed by atoms with Crippen LogP contribution in [0.25, 0.3) is 0 Å². The fourth-order valence-electron chi connectivity index (χ4n) is 10.8. The van der Waals surface area contributed by atoms with Gasteiger partial charge in [-0.3, -0.25) is 14.4 Å². The van der Waals surface area contributed by atoms with Gasteiger partial charge in [-0.05, 0) is 59.8 Å². The molecule has 25 nitrogen and oxygen atoms in total. The minimum Gasteiger partial charge on any atom is -0.457 e. The van der Waals surface area contributed by atoms with Crippen LogP contribution in [-0.4, -0.2) is 230 Å². The smallest absolute Gasteiger partial charge is 0.309 e. The minimum absolute atomic E-state index is 0.0467. The van der Waals surface area contributed by atoms with Crippen LogP contribution in [0, 0.1) is 11.8 Å². The van der Waals surface area contributed by atoms with E-state index in [-0.39, 0.29) is 18.9 Å². The van der Waals surface area contributed by atoms with E-state index < -0.39 is 190 Å². The maximum Gasteiger partial charge on any atom is 0.309 e. The Kier molecular flexibility index (Phi) is 26.0. The van der Waals surface area contributed by atoms with E-state index in [4.69, 9.17) is 61.6 Å². The predicted molar refractivity (Wildman–Crippen MR) is 275 cm³/mol. The van der Waals surface area contributed by atoms with Crippen LogP contribution in [-0.2, 0) is 76.0 Å². The summed E-state index contributed by atoms with van der Waals surface area (Å²) < 4.78 is 81.2. The van der Waals surface area contributed by atoms with E-state index >= 15 is 0 Å². The Bertz CT molecular complexity index is 1880. The number of carbonyl (C=O) groups excluding carboxylic acids is 3. The summed E-state index contributed by atoms with van der Waals surface area (Å²) in [5.74, 6) is -3.50. The predicted octanol–water partition coefficient (Wildman–Crippen LogP) is 1.04. The zero-order chi connectivity index (χ0) is 58.7. The summed E-state index contributed by atoms with van der Waals surface area (Å²) in [5, 5.41) is 101. The van der Waals surface area contributed by atoms with Crippen molar-refractivity contribution in [2.24, 2.45) is 11.8 Å². The highest BCUT2D eigenvalue weighted by Gasteiger charge is 2.59. The van der Waals surface area contributed by atoms with Crippen molar-refractivity contribution in [3.05, 3.63) is 0 Å². The molecule has 2 bridgehead atoms. The zero-order valence-electron chi connectivity index (χ0n) is 47.8. The number of hydrogen-bond donors (Lipinski definition) is 9. The second-order valence-electron chi connectivity index (χ2n) is 22.7. The lowest BCUT2D eigenvalue weighted by Crippen LogP contribution is -2.68. The molecule has 0 aromatic heterocycles. The van der Waals surface area contributed by atoms with Crippen LogP contribution in [0.1, 0.15) is 152 Å². The van der Waals surface area contributed by atoms with E-state index in [9.17, 15) is 60.3 Å². The van der Waals surface area contributed by atoms with Crippen molar-refractivity contribution in [3.63, 3.8) is 0 Å². The highest BCUT2D eigenvalue weighted by molar-refractivity contribution is 5.72. The molecule has 25 heteroatoms. The van der Waals surface area contributed by atoms with E-state index in [1.807, 2.05) is 0 Å². The maximum atomic E-state index is 14.1. The Balaban J connectivity index is 1.37. The average molecular weight is 1160 g/mol. The SMILES string of the molecule is CCCCC[C@H]1CCCCCCCCC(=O)O[C@H]2[C@@H](O)[C@H](O[C@H]3[C@H](O1)O[C@H](C)[C@H](O)[C@@H]3O)O[C@@H](C)[C@@H]2O[C@@H]1O[C@@H](C)[C@H](O[C@@H]2O[C@@H](C)[C@H](OC(=O)[C@@H](C)CC)[C@@H](O)[C@H]2O)[C@@H](O[C@@H]2O[C@H](CO)[C@@H](O)[C@H](O)[C@H]2O)[C@H]1OC(=O)[C@@H](C)CC. The van der Waals surface area contributed by atoms with E-state index in [1.54, 1.807) is 34.6 Å².